The first-order valence-electron chi connectivity index (χ1n) is 5.66. The first kappa shape index (κ1) is 10.9. The van der Waals surface area contributed by atoms with Crippen LogP contribution in [0.5, 0.6) is 0 Å². The number of nitrogens with zero attached hydrogens (tertiary/aromatic N) is 2. The van der Waals surface area contributed by atoms with Crippen LogP contribution in [-0.4, -0.2) is 16.8 Å². The van der Waals surface area contributed by atoms with Crippen molar-refractivity contribution in [1.82, 2.24) is 4.98 Å². The van der Waals surface area contributed by atoms with Gasteiger partial charge in [0, 0.05) is 22.5 Å². The molecule has 2 amide bonds. The number of fused-ring (bicyclic) bond motifs is 2. The first-order chi connectivity index (χ1) is 8.16. The molecule has 88 valence electrons. The van der Waals surface area contributed by atoms with Crippen LogP contribution >= 0.6 is 15.9 Å². The van der Waals surface area contributed by atoms with Gasteiger partial charge in [-0.15, -0.1) is 0 Å². The Balaban J connectivity index is 1.99. The van der Waals surface area contributed by atoms with E-state index in [9.17, 15) is 9.59 Å². The SMILES string of the molecule is O=C1C2CCC(C2)C(=O)N1c1ccc(Br)cn1. The Morgan fingerprint density at radius 1 is 1.18 bits per heavy atom. The molecule has 2 atom stereocenters. The van der Waals surface area contributed by atoms with Gasteiger partial charge in [0.05, 0.1) is 0 Å². The maximum Gasteiger partial charge on any atom is 0.238 e. The van der Waals surface area contributed by atoms with E-state index in [1.165, 1.54) is 4.90 Å². The minimum atomic E-state index is -0.0847. The van der Waals surface area contributed by atoms with Crippen LogP contribution in [0.2, 0.25) is 0 Å². The Kier molecular flexibility index (Phi) is 2.50. The van der Waals surface area contributed by atoms with E-state index in [4.69, 9.17) is 0 Å². The van der Waals surface area contributed by atoms with Gasteiger partial charge in [0.25, 0.3) is 0 Å². The van der Waals surface area contributed by atoms with E-state index in [-0.39, 0.29) is 23.7 Å². The number of amides is 2. The molecule has 1 aromatic heterocycles. The number of pyridine rings is 1. The summed E-state index contributed by atoms with van der Waals surface area (Å²) in [6.45, 7) is 0. The summed E-state index contributed by atoms with van der Waals surface area (Å²) < 4.78 is 0.834. The van der Waals surface area contributed by atoms with Gasteiger partial charge in [-0.2, -0.15) is 0 Å². The van der Waals surface area contributed by atoms with Gasteiger partial charge in [-0.05, 0) is 47.3 Å². The topological polar surface area (TPSA) is 50.3 Å². The lowest BCUT2D eigenvalue weighted by molar-refractivity contribution is -0.133. The van der Waals surface area contributed by atoms with Crippen LogP contribution in [0.25, 0.3) is 0 Å². The number of aromatic nitrogens is 1. The molecule has 2 unspecified atom stereocenters. The second kappa shape index (κ2) is 3.91. The average molecular weight is 295 g/mol. The van der Waals surface area contributed by atoms with Crippen molar-refractivity contribution in [1.29, 1.82) is 0 Å². The monoisotopic (exact) mass is 294 g/mol. The van der Waals surface area contributed by atoms with Crippen molar-refractivity contribution in [2.75, 3.05) is 4.90 Å². The molecule has 1 aliphatic carbocycles. The minimum absolute atomic E-state index is 0.0168. The van der Waals surface area contributed by atoms with Gasteiger partial charge in [0.15, 0.2) is 0 Å². The van der Waals surface area contributed by atoms with Crippen LogP contribution in [0.4, 0.5) is 5.82 Å². The summed E-state index contributed by atoms with van der Waals surface area (Å²) in [5, 5.41) is 0. The summed E-state index contributed by atoms with van der Waals surface area (Å²) >= 11 is 3.28. The van der Waals surface area contributed by atoms with E-state index < -0.39 is 0 Å². The standard InChI is InChI=1S/C12H11BrN2O2/c13-9-3-4-10(14-6-9)15-11(16)7-1-2-8(5-7)12(15)17/h3-4,6-8H,1-2,5H2. The number of anilines is 1. The number of carbonyl (C=O) groups excluding carboxylic acids is 2. The maximum absolute atomic E-state index is 12.1. The number of carbonyl (C=O) groups is 2. The second-order valence-electron chi connectivity index (χ2n) is 4.55. The third kappa shape index (κ3) is 1.69. The molecule has 0 spiro atoms. The van der Waals surface area contributed by atoms with Crippen molar-refractivity contribution in [2.24, 2.45) is 11.8 Å². The summed E-state index contributed by atoms with van der Waals surface area (Å²) in [6, 6.07) is 3.49. The first-order valence-corrected chi connectivity index (χ1v) is 6.45. The predicted octanol–water partition coefficient (Wildman–Crippen LogP) is 2.13. The summed E-state index contributed by atoms with van der Waals surface area (Å²) in [4.78, 5) is 29.7. The molecular weight excluding hydrogens is 284 g/mol. The Morgan fingerprint density at radius 3 is 2.35 bits per heavy atom. The molecule has 5 heteroatoms. The van der Waals surface area contributed by atoms with Crippen molar-refractivity contribution < 1.29 is 9.59 Å². The Labute approximate surface area is 107 Å². The number of halogens is 1. The van der Waals surface area contributed by atoms with E-state index in [0.29, 0.717) is 5.82 Å². The summed E-state index contributed by atoms with van der Waals surface area (Å²) in [5.74, 6) is 0.309. The van der Waals surface area contributed by atoms with Crippen molar-refractivity contribution in [3.05, 3.63) is 22.8 Å². The zero-order valence-electron chi connectivity index (χ0n) is 9.10. The average Bonchev–Trinajstić information content (AvgIpc) is 2.76. The van der Waals surface area contributed by atoms with E-state index in [0.717, 1.165) is 23.7 Å². The molecule has 4 nitrogen and oxygen atoms in total. The molecule has 2 aliphatic rings. The highest BCUT2D eigenvalue weighted by Gasteiger charge is 2.46. The molecule has 0 aromatic carbocycles. The van der Waals surface area contributed by atoms with Gasteiger partial charge in [0.1, 0.15) is 5.82 Å². The van der Waals surface area contributed by atoms with E-state index >= 15 is 0 Å². The lowest BCUT2D eigenvalue weighted by atomic mass is 9.97. The normalized spacial score (nSPS) is 27.7. The van der Waals surface area contributed by atoms with Crippen molar-refractivity contribution in [3.8, 4) is 0 Å². The van der Waals surface area contributed by atoms with E-state index in [1.54, 1.807) is 18.3 Å². The third-order valence-corrected chi connectivity index (χ3v) is 3.98. The Bertz CT molecular complexity index is 464. The highest BCUT2D eigenvalue weighted by Crippen LogP contribution is 2.39. The van der Waals surface area contributed by atoms with Crippen LogP contribution in [-0.2, 0) is 9.59 Å². The number of hydrogen-bond donors (Lipinski definition) is 0. The lowest BCUT2D eigenvalue weighted by Gasteiger charge is -2.28. The summed E-state index contributed by atoms with van der Waals surface area (Å²) in [5.41, 5.74) is 0. The Hall–Kier alpha value is -1.23. The van der Waals surface area contributed by atoms with Crippen molar-refractivity contribution in [2.45, 2.75) is 19.3 Å². The minimum Gasteiger partial charge on any atom is -0.274 e. The smallest absolute Gasteiger partial charge is 0.238 e. The van der Waals surface area contributed by atoms with Gasteiger partial charge in [-0.3, -0.25) is 9.59 Å². The van der Waals surface area contributed by atoms with Crippen molar-refractivity contribution >= 4 is 33.6 Å². The maximum atomic E-state index is 12.1. The molecule has 17 heavy (non-hydrogen) atoms. The molecule has 2 heterocycles. The molecule has 1 saturated heterocycles. The molecule has 0 N–H and O–H groups in total. The molecule has 1 aliphatic heterocycles. The quantitative estimate of drug-likeness (QED) is 0.746. The van der Waals surface area contributed by atoms with Crippen LogP contribution < -0.4 is 4.90 Å². The number of imide groups is 1. The molecule has 0 radical (unpaired) electrons. The van der Waals surface area contributed by atoms with Crippen LogP contribution in [0, 0.1) is 11.8 Å². The van der Waals surface area contributed by atoms with Gasteiger partial charge in [-0.1, -0.05) is 0 Å². The van der Waals surface area contributed by atoms with Gasteiger partial charge in [0.2, 0.25) is 11.8 Å². The van der Waals surface area contributed by atoms with E-state index in [1.807, 2.05) is 0 Å². The molecule has 3 rings (SSSR count). The highest BCUT2D eigenvalue weighted by molar-refractivity contribution is 9.10. The predicted molar refractivity (Wildman–Crippen MR) is 65.3 cm³/mol. The van der Waals surface area contributed by atoms with Gasteiger partial charge < -0.3 is 0 Å². The lowest BCUT2D eigenvalue weighted by Crippen LogP contribution is -2.46. The zero-order valence-corrected chi connectivity index (χ0v) is 10.7. The molecule has 2 fully saturated rings. The highest BCUT2D eigenvalue weighted by atomic mass is 79.9. The summed E-state index contributed by atoms with van der Waals surface area (Å²) in [6.07, 6.45) is 4.00. The van der Waals surface area contributed by atoms with Crippen molar-refractivity contribution in [3.63, 3.8) is 0 Å². The van der Waals surface area contributed by atoms with Crippen LogP contribution in [0.3, 0.4) is 0 Å². The van der Waals surface area contributed by atoms with Crippen LogP contribution in [0.1, 0.15) is 19.3 Å². The number of piperidine rings is 1. The fourth-order valence-corrected chi connectivity index (χ4v) is 2.86. The van der Waals surface area contributed by atoms with Gasteiger partial charge >= 0.3 is 0 Å². The summed E-state index contributed by atoms with van der Waals surface area (Å²) in [7, 11) is 0. The number of hydrogen-bond acceptors (Lipinski definition) is 3. The molecule has 1 aromatic rings. The van der Waals surface area contributed by atoms with Gasteiger partial charge in [-0.25, -0.2) is 9.88 Å². The fourth-order valence-electron chi connectivity index (χ4n) is 2.63. The third-order valence-electron chi connectivity index (χ3n) is 3.51. The molecular formula is C12H11BrN2O2. The zero-order chi connectivity index (χ0) is 12.0. The second-order valence-corrected chi connectivity index (χ2v) is 5.47. The largest absolute Gasteiger partial charge is 0.274 e. The van der Waals surface area contributed by atoms with E-state index in [2.05, 4.69) is 20.9 Å². The number of rotatable bonds is 1. The molecule has 2 bridgehead atoms. The molecule has 1 saturated carbocycles. The fraction of sp³-hybridized carbons (Fsp3) is 0.417. The van der Waals surface area contributed by atoms with Crippen LogP contribution in [0.15, 0.2) is 22.8 Å². The Morgan fingerprint density at radius 2 is 1.82 bits per heavy atom.